The second-order valence-electron chi connectivity index (χ2n) is 5.77. The van der Waals surface area contributed by atoms with Gasteiger partial charge >= 0.3 is 0 Å². The molecule has 3 aromatic rings. The van der Waals surface area contributed by atoms with E-state index in [4.69, 9.17) is 0 Å². The van der Waals surface area contributed by atoms with Crippen molar-refractivity contribution in [3.05, 3.63) is 76.0 Å². The van der Waals surface area contributed by atoms with Gasteiger partial charge in [-0.3, -0.25) is 15.0 Å². The van der Waals surface area contributed by atoms with E-state index >= 15 is 0 Å². The minimum atomic E-state index is -0.335. The Hall–Kier alpha value is -2.66. The maximum Gasteiger partial charge on any atom is 0.269 e. The van der Waals surface area contributed by atoms with Crippen LogP contribution in [0, 0.1) is 10.1 Å². The van der Waals surface area contributed by atoms with Gasteiger partial charge in [0, 0.05) is 29.2 Å². The maximum atomic E-state index is 11.2. The fourth-order valence-corrected chi connectivity index (χ4v) is 3.30. The van der Waals surface area contributed by atoms with E-state index in [1.807, 2.05) is 30.5 Å². The Morgan fingerprint density at radius 3 is 2.58 bits per heavy atom. The van der Waals surface area contributed by atoms with Gasteiger partial charge in [-0.25, -0.2) is 0 Å². The normalized spacial score (nSPS) is 12.6. The molecule has 1 atom stereocenters. The zero-order valence-electron chi connectivity index (χ0n) is 13.9. The maximum absolute atomic E-state index is 11.2. The van der Waals surface area contributed by atoms with Crippen LogP contribution in [0.15, 0.2) is 54.7 Å². The number of aromatic amines is 1. The summed E-state index contributed by atoms with van der Waals surface area (Å²) in [6, 6.07) is 15.1. The predicted octanol–water partition coefficient (Wildman–Crippen LogP) is 4.51. The van der Waals surface area contributed by atoms with E-state index in [0.717, 1.165) is 35.1 Å². The topological polar surface area (TPSA) is 62.2 Å². The molecule has 1 aromatic heterocycles. The van der Waals surface area contributed by atoms with Crippen molar-refractivity contribution >= 4 is 16.6 Å². The van der Waals surface area contributed by atoms with Crippen molar-refractivity contribution in [3.63, 3.8) is 0 Å². The number of para-hydroxylation sites is 1. The lowest BCUT2D eigenvalue weighted by Crippen LogP contribution is -2.29. The molecule has 0 spiro atoms. The molecule has 0 aliphatic heterocycles. The molecule has 24 heavy (non-hydrogen) atoms. The SMILES string of the molecule is CCN(CC)C(c1cccc([N+](=O)[O-])c1)c1c[nH]c2ccccc12. The van der Waals surface area contributed by atoms with E-state index in [2.05, 4.69) is 29.8 Å². The van der Waals surface area contributed by atoms with E-state index in [1.165, 1.54) is 6.07 Å². The van der Waals surface area contributed by atoms with Crippen LogP contribution >= 0.6 is 0 Å². The molecular weight excluding hydrogens is 302 g/mol. The average molecular weight is 323 g/mol. The van der Waals surface area contributed by atoms with Crippen LogP contribution in [0.25, 0.3) is 10.9 Å². The van der Waals surface area contributed by atoms with Crippen molar-refractivity contribution < 1.29 is 4.92 Å². The number of H-pyrrole nitrogens is 1. The quantitative estimate of drug-likeness (QED) is 0.536. The third-order valence-corrected chi connectivity index (χ3v) is 4.49. The zero-order valence-corrected chi connectivity index (χ0v) is 13.9. The first kappa shape index (κ1) is 16.2. The van der Waals surface area contributed by atoms with Crippen LogP contribution in [0.5, 0.6) is 0 Å². The third-order valence-electron chi connectivity index (χ3n) is 4.49. The number of nitro groups is 1. The second-order valence-corrected chi connectivity index (χ2v) is 5.77. The van der Waals surface area contributed by atoms with Gasteiger partial charge in [0.05, 0.1) is 11.0 Å². The fourth-order valence-electron chi connectivity index (χ4n) is 3.30. The summed E-state index contributed by atoms with van der Waals surface area (Å²) in [5.41, 5.74) is 3.30. The van der Waals surface area contributed by atoms with Crippen LogP contribution in [0.3, 0.4) is 0 Å². The molecule has 0 aliphatic rings. The molecule has 5 heteroatoms. The Kier molecular flexibility index (Phi) is 4.62. The fraction of sp³-hybridized carbons (Fsp3) is 0.263. The minimum absolute atomic E-state index is 0.0175. The number of fused-ring (bicyclic) bond motifs is 1. The molecule has 1 unspecified atom stereocenters. The lowest BCUT2D eigenvalue weighted by atomic mass is 9.96. The van der Waals surface area contributed by atoms with Gasteiger partial charge in [0.15, 0.2) is 0 Å². The number of rotatable bonds is 6. The molecule has 0 aliphatic carbocycles. The summed E-state index contributed by atoms with van der Waals surface area (Å²) in [7, 11) is 0. The largest absolute Gasteiger partial charge is 0.361 e. The smallest absolute Gasteiger partial charge is 0.269 e. The van der Waals surface area contributed by atoms with E-state index in [9.17, 15) is 10.1 Å². The molecular formula is C19H21N3O2. The Bertz CT molecular complexity index is 852. The number of aromatic nitrogens is 1. The summed E-state index contributed by atoms with van der Waals surface area (Å²) in [5, 5.41) is 12.3. The lowest BCUT2D eigenvalue weighted by molar-refractivity contribution is -0.384. The Labute approximate surface area is 141 Å². The highest BCUT2D eigenvalue weighted by Crippen LogP contribution is 2.34. The first-order valence-corrected chi connectivity index (χ1v) is 8.20. The van der Waals surface area contributed by atoms with Crippen molar-refractivity contribution in [2.45, 2.75) is 19.9 Å². The van der Waals surface area contributed by atoms with Gasteiger partial charge in [-0.1, -0.05) is 44.2 Å². The van der Waals surface area contributed by atoms with Crippen LogP contribution in [-0.4, -0.2) is 27.9 Å². The number of non-ortho nitro benzene ring substituents is 1. The van der Waals surface area contributed by atoms with Crippen LogP contribution in [-0.2, 0) is 0 Å². The minimum Gasteiger partial charge on any atom is -0.361 e. The predicted molar refractivity (Wildman–Crippen MR) is 96.2 cm³/mol. The second kappa shape index (κ2) is 6.84. The van der Waals surface area contributed by atoms with Crippen LogP contribution in [0.1, 0.15) is 31.0 Å². The van der Waals surface area contributed by atoms with Gasteiger partial charge in [-0.05, 0) is 30.3 Å². The molecule has 0 fully saturated rings. The van der Waals surface area contributed by atoms with Gasteiger partial charge in [0.2, 0.25) is 0 Å². The van der Waals surface area contributed by atoms with E-state index in [-0.39, 0.29) is 16.7 Å². The highest BCUT2D eigenvalue weighted by Gasteiger charge is 2.24. The van der Waals surface area contributed by atoms with Gasteiger partial charge in [-0.2, -0.15) is 0 Å². The molecule has 3 rings (SSSR count). The van der Waals surface area contributed by atoms with Crippen LogP contribution < -0.4 is 0 Å². The molecule has 0 saturated heterocycles. The lowest BCUT2D eigenvalue weighted by Gasteiger charge is -2.30. The summed E-state index contributed by atoms with van der Waals surface area (Å²) in [6.45, 7) is 5.96. The highest BCUT2D eigenvalue weighted by atomic mass is 16.6. The van der Waals surface area contributed by atoms with Gasteiger partial charge in [0.25, 0.3) is 5.69 Å². The van der Waals surface area contributed by atoms with E-state index in [0.29, 0.717) is 0 Å². The zero-order chi connectivity index (χ0) is 17.1. The van der Waals surface area contributed by atoms with Gasteiger partial charge in [0.1, 0.15) is 0 Å². The molecule has 0 bridgehead atoms. The van der Waals surface area contributed by atoms with E-state index < -0.39 is 0 Å². The Morgan fingerprint density at radius 1 is 1.12 bits per heavy atom. The molecule has 0 amide bonds. The van der Waals surface area contributed by atoms with Crippen molar-refractivity contribution in [2.24, 2.45) is 0 Å². The number of nitrogens with one attached hydrogen (secondary N) is 1. The standard InChI is InChI=1S/C19H21N3O2/c1-3-21(4-2)19(14-8-7-9-15(12-14)22(23)24)17-13-20-18-11-6-5-10-16(17)18/h5-13,19-20H,3-4H2,1-2H3. The number of hydrogen-bond donors (Lipinski definition) is 1. The highest BCUT2D eigenvalue weighted by molar-refractivity contribution is 5.84. The summed E-state index contributed by atoms with van der Waals surface area (Å²) in [6.07, 6.45) is 2.02. The summed E-state index contributed by atoms with van der Waals surface area (Å²) >= 11 is 0. The van der Waals surface area contributed by atoms with Gasteiger partial charge in [-0.15, -0.1) is 0 Å². The van der Waals surface area contributed by atoms with Crippen molar-refractivity contribution in [2.75, 3.05) is 13.1 Å². The molecule has 124 valence electrons. The van der Waals surface area contributed by atoms with Crippen LogP contribution in [0.4, 0.5) is 5.69 Å². The molecule has 1 heterocycles. The molecule has 0 saturated carbocycles. The van der Waals surface area contributed by atoms with Crippen molar-refractivity contribution in [1.29, 1.82) is 0 Å². The Balaban J connectivity index is 2.17. The number of nitrogens with zero attached hydrogens (tertiary/aromatic N) is 2. The molecule has 1 N–H and O–H groups in total. The monoisotopic (exact) mass is 323 g/mol. The van der Waals surface area contributed by atoms with Crippen molar-refractivity contribution in [1.82, 2.24) is 9.88 Å². The Morgan fingerprint density at radius 2 is 1.88 bits per heavy atom. The third kappa shape index (κ3) is 2.90. The number of hydrogen-bond acceptors (Lipinski definition) is 3. The molecule has 0 radical (unpaired) electrons. The number of benzene rings is 2. The first-order chi connectivity index (χ1) is 11.7. The van der Waals surface area contributed by atoms with Crippen LogP contribution in [0.2, 0.25) is 0 Å². The average Bonchev–Trinajstić information content (AvgIpc) is 3.03. The molecule has 5 nitrogen and oxygen atoms in total. The van der Waals surface area contributed by atoms with Crippen molar-refractivity contribution in [3.8, 4) is 0 Å². The summed E-state index contributed by atoms with van der Waals surface area (Å²) < 4.78 is 0. The summed E-state index contributed by atoms with van der Waals surface area (Å²) in [4.78, 5) is 16.5. The van der Waals surface area contributed by atoms with E-state index in [1.54, 1.807) is 12.1 Å². The van der Waals surface area contributed by atoms with Gasteiger partial charge < -0.3 is 4.98 Å². The summed E-state index contributed by atoms with van der Waals surface area (Å²) in [5.74, 6) is 0. The number of nitro benzene ring substituents is 1. The molecule has 2 aromatic carbocycles. The first-order valence-electron chi connectivity index (χ1n) is 8.20.